The molecule has 0 aliphatic rings. The van der Waals surface area contributed by atoms with Crippen molar-refractivity contribution in [3.63, 3.8) is 0 Å². The first kappa shape index (κ1) is 12.4. The zero-order valence-electron chi connectivity index (χ0n) is 9.44. The number of methoxy groups -OCH3 is 1. The van der Waals surface area contributed by atoms with Crippen molar-refractivity contribution in [1.82, 2.24) is 5.32 Å². The lowest BCUT2D eigenvalue weighted by molar-refractivity contribution is 0.416. The molecule has 0 aliphatic carbocycles. The van der Waals surface area contributed by atoms with E-state index in [1.54, 1.807) is 7.11 Å². The van der Waals surface area contributed by atoms with Gasteiger partial charge in [-0.15, -0.1) is 0 Å². The standard InChI is InChI=1S/C11H13N3OS/c1-8-4-5-10(15-2)9(6-8)14-11(16-3)13-7-12/h4-6H,1-3H3,(H,13,14). The van der Waals surface area contributed by atoms with Gasteiger partial charge < -0.3 is 4.74 Å². The number of hydrogen-bond acceptors (Lipinski definition) is 4. The van der Waals surface area contributed by atoms with E-state index in [0.717, 1.165) is 11.3 Å². The molecule has 4 nitrogen and oxygen atoms in total. The Morgan fingerprint density at radius 3 is 2.88 bits per heavy atom. The van der Waals surface area contributed by atoms with E-state index in [1.165, 1.54) is 11.8 Å². The quantitative estimate of drug-likeness (QED) is 0.370. The molecule has 0 spiro atoms. The second-order valence-electron chi connectivity index (χ2n) is 3.03. The SMILES string of the molecule is COc1ccc(C)cc1N=C(NC#N)SC. The van der Waals surface area contributed by atoms with Crippen LogP contribution in [-0.4, -0.2) is 18.5 Å². The molecule has 0 unspecified atom stereocenters. The molecule has 0 amide bonds. The summed E-state index contributed by atoms with van der Waals surface area (Å²) in [6, 6.07) is 5.72. The molecular weight excluding hydrogens is 222 g/mol. The summed E-state index contributed by atoms with van der Waals surface area (Å²) in [5, 5.41) is 11.6. The van der Waals surface area contributed by atoms with Crippen LogP contribution in [0.3, 0.4) is 0 Å². The molecule has 0 radical (unpaired) electrons. The lowest BCUT2D eigenvalue weighted by Gasteiger charge is -2.06. The first-order valence-electron chi connectivity index (χ1n) is 4.63. The normalized spacial score (nSPS) is 10.8. The van der Waals surface area contributed by atoms with Crippen LogP contribution in [0.5, 0.6) is 5.75 Å². The van der Waals surface area contributed by atoms with Gasteiger partial charge in [0.05, 0.1) is 7.11 Å². The van der Waals surface area contributed by atoms with E-state index in [2.05, 4.69) is 10.3 Å². The summed E-state index contributed by atoms with van der Waals surface area (Å²) in [7, 11) is 1.60. The van der Waals surface area contributed by atoms with Crippen LogP contribution in [0.25, 0.3) is 0 Å². The summed E-state index contributed by atoms with van der Waals surface area (Å²) in [5.41, 5.74) is 1.81. The minimum absolute atomic E-state index is 0.548. The lowest BCUT2D eigenvalue weighted by Crippen LogP contribution is -2.12. The molecule has 84 valence electrons. The number of nitrogens with zero attached hydrogens (tertiary/aromatic N) is 2. The number of aliphatic imine (C=N–C) groups is 1. The molecule has 0 saturated carbocycles. The zero-order valence-corrected chi connectivity index (χ0v) is 10.3. The van der Waals surface area contributed by atoms with Gasteiger partial charge in [0.2, 0.25) is 0 Å². The number of benzene rings is 1. The highest BCUT2D eigenvalue weighted by atomic mass is 32.2. The third kappa shape index (κ3) is 3.17. The van der Waals surface area contributed by atoms with Crippen molar-refractivity contribution in [3.05, 3.63) is 23.8 Å². The molecule has 0 aliphatic heterocycles. The van der Waals surface area contributed by atoms with Crippen LogP contribution < -0.4 is 10.1 Å². The second kappa shape index (κ2) is 6.03. The van der Waals surface area contributed by atoms with Gasteiger partial charge in [-0.05, 0) is 30.9 Å². The average Bonchev–Trinajstić information content (AvgIpc) is 2.29. The predicted octanol–water partition coefficient (Wildman–Crippen LogP) is 2.42. The number of thioether (sulfide) groups is 1. The largest absolute Gasteiger partial charge is 0.494 e. The molecule has 1 aromatic rings. The maximum atomic E-state index is 8.54. The molecule has 16 heavy (non-hydrogen) atoms. The molecule has 1 rings (SSSR count). The van der Waals surface area contributed by atoms with Crippen molar-refractivity contribution in [3.8, 4) is 11.9 Å². The first-order valence-corrected chi connectivity index (χ1v) is 5.86. The number of hydrogen-bond donors (Lipinski definition) is 1. The second-order valence-corrected chi connectivity index (χ2v) is 3.83. The highest BCUT2D eigenvalue weighted by molar-refractivity contribution is 8.13. The van der Waals surface area contributed by atoms with E-state index in [9.17, 15) is 0 Å². The Morgan fingerprint density at radius 1 is 1.56 bits per heavy atom. The van der Waals surface area contributed by atoms with Crippen LogP contribution in [0.2, 0.25) is 0 Å². The molecule has 0 bridgehead atoms. The van der Waals surface area contributed by atoms with Crippen molar-refractivity contribution in [2.75, 3.05) is 13.4 Å². The number of amidine groups is 1. The minimum atomic E-state index is 0.548. The van der Waals surface area contributed by atoms with Gasteiger partial charge in [0.15, 0.2) is 11.4 Å². The summed E-state index contributed by atoms with van der Waals surface area (Å²) in [5.74, 6) is 0.692. The van der Waals surface area contributed by atoms with Gasteiger partial charge in [-0.25, -0.2) is 4.99 Å². The smallest absolute Gasteiger partial charge is 0.183 e. The zero-order chi connectivity index (χ0) is 12.0. The van der Waals surface area contributed by atoms with E-state index < -0.39 is 0 Å². The van der Waals surface area contributed by atoms with Crippen LogP contribution in [-0.2, 0) is 0 Å². The van der Waals surface area contributed by atoms with Gasteiger partial charge in [0, 0.05) is 0 Å². The van der Waals surface area contributed by atoms with E-state index >= 15 is 0 Å². The number of nitrogens with one attached hydrogen (secondary N) is 1. The van der Waals surface area contributed by atoms with Crippen molar-refractivity contribution in [2.24, 2.45) is 4.99 Å². The van der Waals surface area contributed by atoms with E-state index in [-0.39, 0.29) is 0 Å². The van der Waals surface area contributed by atoms with Gasteiger partial charge >= 0.3 is 0 Å². The molecule has 0 saturated heterocycles. The molecule has 0 aromatic heterocycles. The summed E-state index contributed by atoms with van der Waals surface area (Å²) < 4.78 is 5.20. The molecule has 5 heteroatoms. The monoisotopic (exact) mass is 235 g/mol. The van der Waals surface area contributed by atoms with Crippen molar-refractivity contribution in [2.45, 2.75) is 6.92 Å². The highest BCUT2D eigenvalue weighted by Gasteiger charge is 2.03. The van der Waals surface area contributed by atoms with Gasteiger partial charge in [0.1, 0.15) is 11.4 Å². The fraction of sp³-hybridized carbons (Fsp3) is 0.273. The molecule has 1 N–H and O–H groups in total. The molecule has 0 atom stereocenters. The summed E-state index contributed by atoms with van der Waals surface area (Å²) in [6.07, 6.45) is 3.70. The fourth-order valence-corrected chi connectivity index (χ4v) is 1.51. The van der Waals surface area contributed by atoms with E-state index in [0.29, 0.717) is 10.9 Å². The van der Waals surface area contributed by atoms with Gasteiger partial charge in [-0.3, -0.25) is 5.32 Å². The van der Waals surface area contributed by atoms with Crippen molar-refractivity contribution >= 4 is 22.6 Å². The number of ether oxygens (including phenoxy) is 1. The Labute approximate surface area is 99.3 Å². The van der Waals surface area contributed by atoms with Crippen molar-refractivity contribution in [1.29, 1.82) is 5.26 Å². The summed E-state index contributed by atoms with van der Waals surface area (Å²) >= 11 is 1.38. The average molecular weight is 235 g/mol. The van der Waals surface area contributed by atoms with E-state index in [1.807, 2.05) is 37.6 Å². The van der Waals surface area contributed by atoms with Crippen LogP contribution in [0, 0.1) is 18.4 Å². The van der Waals surface area contributed by atoms with E-state index in [4.69, 9.17) is 10.00 Å². The Kier molecular flexibility index (Phi) is 4.67. The Hall–Kier alpha value is -1.67. The lowest BCUT2D eigenvalue weighted by atomic mass is 10.2. The maximum Gasteiger partial charge on any atom is 0.183 e. The third-order valence-electron chi connectivity index (χ3n) is 1.91. The number of aryl methyl sites for hydroxylation is 1. The Morgan fingerprint density at radius 2 is 2.31 bits per heavy atom. The fourth-order valence-electron chi connectivity index (χ4n) is 1.17. The van der Waals surface area contributed by atoms with Crippen LogP contribution in [0.15, 0.2) is 23.2 Å². The van der Waals surface area contributed by atoms with Gasteiger partial charge in [-0.1, -0.05) is 17.8 Å². The molecule has 1 aromatic carbocycles. The Bertz CT molecular complexity index is 437. The molecule has 0 heterocycles. The topological polar surface area (TPSA) is 57.4 Å². The number of nitriles is 1. The Balaban J connectivity index is 3.11. The molecule has 0 fully saturated rings. The maximum absolute atomic E-state index is 8.54. The van der Waals surface area contributed by atoms with Crippen molar-refractivity contribution < 1.29 is 4.74 Å². The van der Waals surface area contributed by atoms with Gasteiger partial charge in [0.25, 0.3) is 0 Å². The number of rotatable bonds is 2. The summed E-state index contributed by atoms with van der Waals surface area (Å²) in [6.45, 7) is 1.98. The molecular formula is C11H13N3OS. The third-order valence-corrected chi connectivity index (χ3v) is 2.49. The summed E-state index contributed by atoms with van der Waals surface area (Å²) in [4.78, 5) is 4.32. The van der Waals surface area contributed by atoms with Crippen LogP contribution in [0.1, 0.15) is 5.56 Å². The van der Waals surface area contributed by atoms with Gasteiger partial charge in [-0.2, -0.15) is 5.26 Å². The predicted molar refractivity (Wildman–Crippen MR) is 67.1 cm³/mol. The van der Waals surface area contributed by atoms with Crippen LogP contribution >= 0.6 is 11.8 Å². The first-order chi connectivity index (χ1) is 7.71. The minimum Gasteiger partial charge on any atom is -0.494 e. The highest BCUT2D eigenvalue weighted by Crippen LogP contribution is 2.28. The van der Waals surface area contributed by atoms with Crippen LogP contribution in [0.4, 0.5) is 5.69 Å².